The first-order valence-electron chi connectivity index (χ1n) is 9.57. The number of hydrogen-bond acceptors (Lipinski definition) is 6. The van der Waals surface area contributed by atoms with E-state index < -0.39 is 12.4 Å². The third-order valence-corrected chi connectivity index (χ3v) is 4.78. The number of halogens is 3. The van der Waals surface area contributed by atoms with Crippen molar-refractivity contribution < 1.29 is 32.0 Å². The summed E-state index contributed by atoms with van der Waals surface area (Å²) in [5, 5.41) is 6.51. The van der Waals surface area contributed by atoms with Gasteiger partial charge in [-0.1, -0.05) is 17.3 Å². The molecule has 2 heterocycles. The van der Waals surface area contributed by atoms with Gasteiger partial charge in [0.15, 0.2) is 5.82 Å². The van der Waals surface area contributed by atoms with Gasteiger partial charge in [0.05, 0.1) is 0 Å². The summed E-state index contributed by atoms with van der Waals surface area (Å²) in [7, 11) is 0. The van der Waals surface area contributed by atoms with E-state index >= 15 is 0 Å². The Hall–Kier alpha value is -3.31. The lowest BCUT2D eigenvalue weighted by atomic mass is 10.1. The highest BCUT2D eigenvalue weighted by molar-refractivity contribution is 5.75. The van der Waals surface area contributed by atoms with Gasteiger partial charge in [-0.3, -0.25) is 4.79 Å². The molecule has 0 bridgehead atoms. The molecule has 0 aliphatic carbocycles. The largest absolute Gasteiger partial charge is 0.573 e. The standard InChI is InChI=1S/C19H22F3N5O4/c1-12-24-17(31-25-12)16-7-8-26(9-10-27(16)13(2)28)18(29)23-11-14-3-5-15(6-4-14)30-19(20,21)22/h3-6,16H,7-11H2,1-2H3,(H,23,29). The van der Waals surface area contributed by atoms with Crippen molar-refractivity contribution in [1.82, 2.24) is 25.3 Å². The molecule has 0 spiro atoms. The summed E-state index contributed by atoms with van der Waals surface area (Å²) in [5.74, 6) is 0.297. The molecular formula is C19H22F3N5O4. The van der Waals surface area contributed by atoms with Gasteiger partial charge in [0.1, 0.15) is 11.8 Å². The number of aromatic nitrogens is 2. The van der Waals surface area contributed by atoms with Crippen LogP contribution in [0.25, 0.3) is 0 Å². The minimum absolute atomic E-state index is 0.129. The number of carbonyl (C=O) groups excluding carboxylic acids is 2. The molecular weight excluding hydrogens is 419 g/mol. The van der Waals surface area contributed by atoms with Gasteiger partial charge in [0.2, 0.25) is 11.8 Å². The molecule has 1 saturated heterocycles. The van der Waals surface area contributed by atoms with Crippen molar-refractivity contribution in [3.05, 3.63) is 41.5 Å². The number of aryl methyl sites for hydroxylation is 1. The predicted molar refractivity (Wildman–Crippen MR) is 101 cm³/mol. The Morgan fingerprint density at radius 3 is 2.52 bits per heavy atom. The number of alkyl halides is 3. The van der Waals surface area contributed by atoms with Crippen LogP contribution in [0.2, 0.25) is 0 Å². The molecule has 1 aromatic carbocycles. The SMILES string of the molecule is CC(=O)N1CCN(C(=O)NCc2ccc(OC(F)(F)F)cc2)CCC1c1nc(C)no1. The van der Waals surface area contributed by atoms with Gasteiger partial charge in [-0.15, -0.1) is 13.2 Å². The quantitative estimate of drug-likeness (QED) is 0.783. The molecule has 31 heavy (non-hydrogen) atoms. The molecule has 3 amide bonds. The van der Waals surface area contributed by atoms with Crippen molar-refractivity contribution in [3.8, 4) is 5.75 Å². The fraction of sp³-hybridized carbons (Fsp3) is 0.474. The summed E-state index contributed by atoms with van der Waals surface area (Å²) in [6, 6.07) is 4.48. The van der Waals surface area contributed by atoms with Crippen LogP contribution < -0.4 is 10.1 Å². The zero-order valence-electron chi connectivity index (χ0n) is 17.0. The Balaban J connectivity index is 1.58. The normalized spacial score (nSPS) is 17.3. The molecule has 0 saturated carbocycles. The number of benzene rings is 1. The van der Waals surface area contributed by atoms with Crippen molar-refractivity contribution >= 4 is 11.9 Å². The van der Waals surface area contributed by atoms with Crippen molar-refractivity contribution in [2.24, 2.45) is 0 Å². The number of hydrogen-bond donors (Lipinski definition) is 1. The Morgan fingerprint density at radius 1 is 1.23 bits per heavy atom. The molecule has 1 fully saturated rings. The van der Waals surface area contributed by atoms with Crippen LogP contribution in [0.1, 0.15) is 36.7 Å². The van der Waals surface area contributed by atoms with Gasteiger partial charge in [-0.05, 0) is 31.0 Å². The molecule has 1 unspecified atom stereocenters. The summed E-state index contributed by atoms with van der Waals surface area (Å²) >= 11 is 0. The molecule has 12 heteroatoms. The highest BCUT2D eigenvalue weighted by Crippen LogP contribution is 2.26. The lowest BCUT2D eigenvalue weighted by Gasteiger charge is -2.25. The summed E-state index contributed by atoms with van der Waals surface area (Å²) in [6.45, 7) is 4.23. The third-order valence-electron chi connectivity index (χ3n) is 4.78. The number of rotatable bonds is 4. The van der Waals surface area contributed by atoms with Gasteiger partial charge in [-0.2, -0.15) is 4.98 Å². The molecule has 1 atom stereocenters. The lowest BCUT2D eigenvalue weighted by Crippen LogP contribution is -2.42. The van der Waals surface area contributed by atoms with Gasteiger partial charge < -0.3 is 24.4 Å². The van der Waals surface area contributed by atoms with Crippen molar-refractivity contribution in [2.75, 3.05) is 19.6 Å². The van der Waals surface area contributed by atoms with Crippen molar-refractivity contribution in [1.29, 1.82) is 0 Å². The van der Waals surface area contributed by atoms with Gasteiger partial charge >= 0.3 is 12.4 Å². The van der Waals surface area contributed by atoms with E-state index in [4.69, 9.17) is 4.52 Å². The molecule has 0 radical (unpaired) electrons. The highest BCUT2D eigenvalue weighted by atomic mass is 19.4. The monoisotopic (exact) mass is 441 g/mol. The minimum Gasteiger partial charge on any atom is -0.406 e. The Bertz CT molecular complexity index is 916. The van der Waals surface area contributed by atoms with E-state index in [-0.39, 0.29) is 24.2 Å². The first-order valence-corrected chi connectivity index (χ1v) is 9.57. The van der Waals surface area contributed by atoms with E-state index in [0.29, 0.717) is 43.3 Å². The number of amides is 3. The van der Waals surface area contributed by atoms with Crippen LogP contribution >= 0.6 is 0 Å². The zero-order chi connectivity index (χ0) is 22.6. The van der Waals surface area contributed by atoms with Crippen LogP contribution in [-0.2, 0) is 11.3 Å². The number of urea groups is 1. The summed E-state index contributed by atoms with van der Waals surface area (Å²) in [6.07, 6.45) is -4.33. The summed E-state index contributed by atoms with van der Waals surface area (Å²) < 4.78 is 45.7. The molecule has 1 aromatic heterocycles. The molecule has 9 nitrogen and oxygen atoms in total. The molecule has 2 aromatic rings. The predicted octanol–water partition coefficient (Wildman–Crippen LogP) is 2.78. The Labute approximate surface area is 176 Å². The fourth-order valence-corrected chi connectivity index (χ4v) is 3.31. The Kier molecular flexibility index (Phi) is 6.66. The van der Waals surface area contributed by atoms with Gasteiger partial charge in [0, 0.05) is 33.1 Å². The second kappa shape index (κ2) is 9.23. The van der Waals surface area contributed by atoms with Gasteiger partial charge in [0.25, 0.3) is 0 Å². The topological polar surface area (TPSA) is 101 Å². The number of nitrogens with one attached hydrogen (secondary N) is 1. The third kappa shape index (κ3) is 6.09. The fourth-order valence-electron chi connectivity index (χ4n) is 3.31. The van der Waals surface area contributed by atoms with E-state index in [9.17, 15) is 22.8 Å². The smallest absolute Gasteiger partial charge is 0.406 e. The second-order valence-corrected chi connectivity index (χ2v) is 7.03. The summed E-state index contributed by atoms with van der Waals surface area (Å²) in [4.78, 5) is 32.0. The van der Waals surface area contributed by atoms with E-state index in [1.165, 1.54) is 31.2 Å². The van der Waals surface area contributed by atoms with E-state index in [0.717, 1.165) is 0 Å². The lowest BCUT2D eigenvalue weighted by molar-refractivity contribution is -0.274. The van der Waals surface area contributed by atoms with Crippen LogP contribution in [0, 0.1) is 6.92 Å². The maximum atomic E-state index is 12.6. The first-order chi connectivity index (χ1) is 14.6. The van der Waals surface area contributed by atoms with E-state index in [1.54, 1.807) is 16.7 Å². The molecule has 3 rings (SSSR count). The van der Waals surface area contributed by atoms with Crippen LogP contribution in [0.15, 0.2) is 28.8 Å². The second-order valence-electron chi connectivity index (χ2n) is 7.03. The minimum atomic E-state index is -4.76. The number of nitrogens with zero attached hydrogens (tertiary/aromatic N) is 4. The van der Waals surface area contributed by atoms with Crippen LogP contribution in [0.4, 0.5) is 18.0 Å². The average Bonchev–Trinajstić information content (AvgIpc) is 2.99. The zero-order valence-corrected chi connectivity index (χ0v) is 17.0. The maximum Gasteiger partial charge on any atom is 0.573 e. The molecule has 168 valence electrons. The highest BCUT2D eigenvalue weighted by Gasteiger charge is 2.32. The number of ether oxygens (including phenoxy) is 1. The van der Waals surface area contributed by atoms with E-state index in [2.05, 4.69) is 20.2 Å². The van der Waals surface area contributed by atoms with Crippen molar-refractivity contribution in [3.63, 3.8) is 0 Å². The first kappa shape index (κ1) is 22.4. The molecule has 1 N–H and O–H groups in total. The Morgan fingerprint density at radius 2 is 1.94 bits per heavy atom. The molecule has 1 aliphatic heterocycles. The van der Waals surface area contributed by atoms with Gasteiger partial charge in [-0.25, -0.2) is 4.79 Å². The molecule has 1 aliphatic rings. The van der Waals surface area contributed by atoms with Crippen LogP contribution in [0.3, 0.4) is 0 Å². The average molecular weight is 441 g/mol. The van der Waals surface area contributed by atoms with Crippen LogP contribution in [0.5, 0.6) is 5.75 Å². The summed E-state index contributed by atoms with van der Waals surface area (Å²) in [5.41, 5.74) is 0.613. The number of carbonyl (C=O) groups is 2. The maximum absolute atomic E-state index is 12.6. The van der Waals surface area contributed by atoms with E-state index in [1.807, 2.05) is 0 Å². The van der Waals surface area contributed by atoms with Crippen molar-refractivity contribution in [2.45, 2.75) is 39.2 Å². The van der Waals surface area contributed by atoms with Crippen LogP contribution in [-0.4, -0.2) is 57.9 Å².